The number of carbonyl (C=O) groups is 1. The van der Waals surface area contributed by atoms with Gasteiger partial charge in [0.25, 0.3) is 10.0 Å². The Balaban J connectivity index is 1.87. The Hall–Kier alpha value is -2.19. The molecule has 28 heavy (non-hydrogen) atoms. The van der Waals surface area contributed by atoms with E-state index in [1.54, 1.807) is 36.6 Å². The normalized spacial score (nSPS) is 12.5. The topological polar surface area (TPSA) is 75.3 Å². The van der Waals surface area contributed by atoms with E-state index >= 15 is 0 Å². The molecule has 0 radical (unpaired) electrons. The number of rotatable bonds is 7. The summed E-state index contributed by atoms with van der Waals surface area (Å²) in [6.07, 6.45) is 0.219. The van der Waals surface area contributed by atoms with Crippen LogP contribution in [0.1, 0.15) is 11.1 Å². The second kappa shape index (κ2) is 8.87. The molecule has 0 fully saturated rings. The molecule has 1 heterocycles. The lowest BCUT2D eigenvalue weighted by atomic mass is 10.1. The fourth-order valence-corrected chi connectivity index (χ4v) is 5.04. The molecule has 1 aromatic heterocycles. The summed E-state index contributed by atoms with van der Waals surface area (Å²) >= 11 is 7.22. The summed E-state index contributed by atoms with van der Waals surface area (Å²) in [6, 6.07) is 16.6. The summed E-state index contributed by atoms with van der Waals surface area (Å²) in [4.78, 5) is 13.0. The van der Waals surface area contributed by atoms with Gasteiger partial charge in [-0.3, -0.25) is 4.79 Å². The fourth-order valence-electron chi connectivity index (χ4n) is 2.66. The first kappa shape index (κ1) is 20.5. The molecular weight excluding hydrogens is 416 g/mol. The first-order chi connectivity index (χ1) is 13.4. The summed E-state index contributed by atoms with van der Waals surface area (Å²) in [5, 5.41) is 4.99. The molecule has 2 aromatic carbocycles. The lowest BCUT2D eigenvalue weighted by molar-refractivity contribution is -0.117. The third-order valence-electron chi connectivity index (χ3n) is 4.18. The zero-order valence-electron chi connectivity index (χ0n) is 15.1. The third-order valence-corrected chi connectivity index (χ3v) is 7.46. The molecule has 0 aliphatic heterocycles. The van der Waals surface area contributed by atoms with Crippen LogP contribution in [-0.2, 0) is 21.2 Å². The monoisotopic (exact) mass is 434 g/mol. The quantitative estimate of drug-likeness (QED) is 0.584. The largest absolute Gasteiger partial charge is 0.324 e. The van der Waals surface area contributed by atoms with Crippen LogP contribution in [0.4, 0.5) is 5.69 Å². The Morgan fingerprint density at radius 1 is 1.07 bits per heavy atom. The third kappa shape index (κ3) is 4.99. The zero-order chi connectivity index (χ0) is 20.1. The molecule has 1 atom stereocenters. The van der Waals surface area contributed by atoms with Crippen LogP contribution in [0.15, 0.2) is 70.3 Å². The number of benzene rings is 2. The Labute approximate surface area is 173 Å². The van der Waals surface area contributed by atoms with E-state index in [4.69, 9.17) is 11.6 Å². The number of halogens is 1. The SMILES string of the molecule is Cc1c(Cl)cccc1NC(=O)[C@@H](Cc1ccccc1)NS(=O)(=O)c1cccs1. The van der Waals surface area contributed by atoms with Crippen molar-refractivity contribution < 1.29 is 13.2 Å². The molecule has 0 unspecified atom stereocenters. The van der Waals surface area contributed by atoms with E-state index < -0.39 is 22.0 Å². The molecule has 0 aliphatic rings. The summed E-state index contributed by atoms with van der Waals surface area (Å²) in [5.74, 6) is -0.450. The Bertz CT molecular complexity index is 1050. The minimum absolute atomic E-state index is 0.164. The first-order valence-corrected chi connectivity index (χ1v) is 11.3. The van der Waals surface area contributed by atoms with E-state index in [0.29, 0.717) is 10.7 Å². The van der Waals surface area contributed by atoms with E-state index in [1.165, 1.54) is 6.07 Å². The van der Waals surface area contributed by atoms with E-state index in [1.807, 2.05) is 30.3 Å². The molecule has 0 saturated carbocycles. The van der Waals surface area contributed by atoms with Crippen molar-refractivity contribution in [3.8, 4) is 0 Å². The molecule has 1 amide bonds. The van der Waals surface area contributed by atoms with Gasteiger partial charge in [-0.1, -0.05) is 54.1 Å². The molecule has 2 N–H and O–H groups in total. The number of anilines is 1. The highest BCUT2D eigenvalue weighted by atomic mass is 35.5. The molecule has 5 nitrogen and oxygen atoms in total. The summed E-state index contributed by atoms with van der Waals surface area (Å²) < 4.78 is 28.0. The first-order valence-electron chi connectivity index (χ1n) is 8.52. The number of hydrogen-bond donors (Lipinski definition) is 2. The minimum atomic E-state index is -3.81. The van der Waals surface area contributed by atoms with E-state index in [9.17, 15) is 13.2 Å². The van der Waals surface area contributed by atoms with Gasteiger partial charge in [0.05, 0.1) is 0 Å². The van der Waals surface area contributed by atoms with Crippen molar-refractivity contribution >= 4 is 44.6 Å². The fraction of sp³-hybridized carbons (Fsp3) is 0.150. The van der Waals surface area contributed by atoms with Gasteiger partial charge in [0.15, 0.2) is 0 Å². The van der Waals surface area contributed by atoms with E-state index in [2.05, 4.69) is 10.0 Å². The maximum Gasteiger partial charge on any atom is 0.250 e. The second-order valence-electron chi connectivity index (χ2n) is 6.20. The van der Waals surface area contributed by atoms with Gasteiger partial charge in [0, 0.05) is 10.7 Å². The Morgan fingerprint density at radius 3 is 2.50 bits per heavy atom. The van der Waals surface area contributed by atoms with Crippen LogP contribution in [0.2, 0.25) is 5.02 Å². The lowest BCUT2D eigenvalue weighted by Gasteiger charge is -2.19. The number of thiophene rings is 1. The predicted molar refractivity (Wildman–Crippen MR) is 113 cm³/mol. The van der Waals surface area contributed by atoms with Gasteiger partial charge in [0.2, 0.25) is 5.91 Å². The molecular formula is C20H19ClN2O3S2. The molecule has 0 aliphatic carbocycles. The van der Waals surface area contributed by atoms with Crippen LogP contribution >= 0.6 is 22.9 Å². The summed E-state index contributed by atoms with van der Waals surface area (Å²) in [5.41, 5.74) is 2.11. The van der Waals surface area contributed by atoms with Gasteiger partial charge >= 0.3 is 0 Å². The molecule has 3 rings (SSSR count). The van der Waals surface area contributed by atoms with Crippen LogP contribution in [-0.4, -0.2) is 20.4 Å². The molecule has 8 heteroatoms. The van der Waals surface area contributed by atoms with Crippen LogP contribution in [0.25, 0.3) is 0 Å². The average molecular weight is 435 g/mol. The molecule has 146 valence electrons. The smallest absolute Gasteiger partial charge is 0.250 e. The predicted octanol–water partition coefficient (Wildman–Crippen LogP) is 4.24. The average Bonchev–Trinajstić information content (AvgIpc) is 3.21. The molecule has 0 bridgehead atoms. The lowest BCUT2D eigenvalue weighted by Crippen LogP contribution is -2.45. The van der Waals surface area contributed by atoms with Crippen LogP contribution in [0.3, 0.4) is 0 Å². The number of sulfonamides is 1. The van der Waals surface area contributed by atoms with Gasteiger partial charge < -0.3 is 5.32 Å². The van der Waals surface area contributed by atoms with Gasteiger partial charge in [0.1, 0.15) is 10.3 Å². The Kier molecular flexibility index (Phi) is 6.51. The van der Waals surface area contributed by atoms with Gasteiger partial charge in [-0.15, -0.1) is 11.3 Å². The highest BCUT2D eigenvalue weighted by Crippen LogP contribution is 2.23. The molecule has 3 aromatic rings. The van der Waals surface area contributed by atoms with Gasteiger partial charge in [-0.2, -0.15) is 4.72 Å². The van der Waals surface area contributed by atoms with Crippen molar-refractivity contribution in [2.75, 3.05) is 5.32 Å². The number of nitrogens with one attached hydrogen (secondary N) is 2. The van der Waals surface area contributed by atoms with E-state index in [-0.39, 0.29) is 10.6 Å². The summed E-state index contributed by atoms with van der Waals surface area (Å²) in [6.45, 7) is 1.79. The van der Waals surface area contributed by atoms with Crippen molar-refractivity contribution in [1.29, 1.82) is 0 Å². The van der Waals surface area contributed by atoms with Crippen molar-refractivity contribution in [3.05, 3.63) is 82.2 Å². The maximum absolute atomic E-state index is 13.0. The number of carbonyl (C=O) groups excluding carboxylic acids is 1. The van der Waals surface area contributed by atoms with Gasteiger partial charge in [-0.25, -0.2) is 8.42 Å². The Morgan fingerprint density at radius 2 is 1.82 bits per heavy atom. The minimum Gasteiger partial charge on any atom is -0.324 e. The number of amides is 1. The van der Waals surface area contributed by atoms with E-state index in [0.717, 1.165) is 22.5 Å². The van der Waals surface area contributed by atoms with Crippen molar-refractivity contribution in [2.24, 2.45) is 0 Å². The van der Waals surface area contributed by atoms with Crippen LogP contribution in [0.5, 0.6) is 0 Å². The van der Waals surface area contributed by atoms with Crippen LogP contribution < -0.4 is 10.0 Å². The molecule has 0 spiro atoms. The van der Waals surface area contributed by atoms with Crippen molar-refractivity contribution in [1.82, 2.24) is 4.72 Å². The highest BCUT2D eigenvalue weighted by molar-refractivity contribution is 7.91. The highest BCUT2D eigenvalue weighted by Gasteiger charge is 2.27. The summed E-state index contributed by atoms with van der Waals surface area (Å²) in [7, 11) is -3.81. The number of hydrogen-bond acceptors (Lipinski definition) is 4. The standard InChI is InChI=1S/C20H19ClN2O3S2/c1-14-16(21)9-5-10-17(14)22-20(24)18(13-15-7-3-2-4-8-15)23-28(25,26)19-11-6-12-27-19/h2-12,18,23H,13H2,1H3,(H,22,24)/t18-/m1/s1. The van der Waals surface area contributed by atoms with Crippen molar-refractivity contribution in [2.45, 2.75) is 23.6 Å². The maximum atomic E-state index is 13.0. The molecule has 0 saturated heterocycles. The zero-order valence-corrected chi connectivity index (χ0v) is 17.4. The van der Waals surface area contributed by atoms with Crippen LogP contribution in [0, 0.1) is 6.92 Å². The second-order valence-corrected chi connectivity index (χ2v) is 9.49. The van der Waals surface area contributed by atoms with Gasteiger partial charge in [-0.05, 0) is 48.1 Å². The van der Waals surface area contributed by atoms with Crippen molar-refractivity contribution in [3.63, 3.8) is 0 Å².